The van der Waals surface area contributed by atoms with Crippen LogP contribution in [0.15, 0.2) is 42.5 Å². The van der Waals surface area contributed by atoms with E-state index in [-0.39, 0.29) is 23.7 Å². The lowest BCUT2D eigenvalue weighted by Gasteiger charge is -2.42. The molecule has 10 heteroatoms. The molecule has 200 valence electrons. The van der Waals surface area contributed by atoms with Crippen LogP contribution in [0.4, 0.5) is 18.9 Å². The molecule has 7 nitrogen and oxygen atoms in total. The van der Waals surface area contributed by atoms with Crippen molar-refractivity contribution < 1.29 is 27.5 Å². The second kappa shape index (κ2) is 11.5. The molecule has 0 atom stereocenters. The molecule has 0 aliphatic carbocycles. The predicted octanol–water partition coefficient (Wildman–Crippen LogP) is 3.60. The number of hydrogen-bond acceptors (Lipinski definition) is 6. The fourth-order valence-electron chi connectivity index (χ4n) is 5.07. The molecular weight excluding hydrogens is 485 g/mol. The van der Waals surface area contributed by atoms with Crippen molar-refractivity contribution in [2.24, 2.45) is 0 Å². The van der Waals surface area contributed by atoms with Crippen LogP contribution >= 0.6 is 0 Å². The number of ketones is 1. The summed E-state index contributed by atoms with van der Waals surface area (Å²) in [7, 11) is 3.58. The van der Waals surface area contributed by atoms with E-state index in [2.05, 4.69) is 22.2 Å². The summed E-state index contributed by atoms with van der Waals surface area (Å²) in [5.74, 6) is -0.522. The van der Waals surface area contributed by atoms with Gasteiger partial charge < -0.3 is 19.9 Å². The number of halogens is 3. The van der Waals surface area contributed by atoms with E-state index in [9.17, 15) is 22.8 Å². The van der Waals surface area contributed by atoms with Gasteiger partial charge in [0.2, 0.25) is 5.91 Å². The Labute approximate surface area is 215 Å². The number of nitrogens with one attached hydrogen (secondary N) is 1. The summed E-state index contributed by atoms with van der Waals surface area (Å²) in [5, 5.41) is 2.66. The Morgan fingerprint density at radius 2 is 1.62 bits per heavy atom. The minimum atomic E-state index is -4.79. The summed E-state index contributed by atoms with van der Waals surface area (Å²) in [6, 6.07) is 10.2. The first-order valence-corrected chi connectivity index (χ1v) is 12.5. The molecule has 1 amide bonds. The molecule has 0 unspecified atom stereocenters. The van der Waals surface area contributed by atoms with E-state index in [0.717, 1.165) is 45.1 Å². The van der Waals surface area contributed by atoms with E-state index in [0.29, 0.717) is 24.9 Å². The normalized spacial score (nSPS) is 18.0. The van der Waals surface area contributed by atoms with Crippen molar-refractivity contribution in [2.75, 3.05) is 65.3 Å². The first-order chi connectivity index (χ1) is 17.7. The summed E-state index contributed by atoms with van der Waals surface area (Å²) < 4.78 is 47.4. The minimum absolute atomic E-state index is 0.113. The molecule has 2 aliphatic heterocycles. The number of alkyl halides is 3. The quantitative estimate of drug-likeness (QED) is 0.566. The van der Waals surface area contributed by atoms with E-state index in [1.54, 1.807) is 4.90 Å². The molecule has 2 fully saturated rings. The third kappa shape index (κ3) is 6.42. The lowest BCUT2D eigenvalue weighted by molar-refractivity contribution is -0.137. The Morgan fingerprint density at radius 1 is 0.973 bits per heavy atom. The minimum Gasteiger partial charge on any atom is -0.497 e. The number of carbonyl (C=O) groups is 2. The predicted molar refractivity (Wildman–Crippen MR) is 135 cm³/mol. The van der Waals surface area contributed by atoms with Gasteiger partial charge in [-0.25, -0.2) is 0 Å². The van der Waals surface area contributed by atoms with E-state index < -0.39 is 23.1 Å². The van der Waals surface area contributed by atoms with Gasteiger partial charge in [0.05, 0.1) is 19.2 Å². The maximum atomic E-state index is 14.1. The summed E-state index contributed by atoms with van der Waals surface area (Å²) in [6.45, 7) is 4.48. The first-order valence-electron chi connectivity index (χ1n) is 12.5. The topological polar surface area (TPSA) is 65.1 Å². The number of rotatable bonds is 7. The third-order valence-electron chi connectivity index (χ3n) is 7.25. The van der Waals surface area contributed by atoms with Gasteiger partial charge in [-0.15, -0.1) is 0 Å². The van der Waals surface area contributed by atoms with Crippen LogP contribution in [0.2, 0.25) is 0 Å². The van der Waals surface area contributed by atoms with Crippen LogP contribution in [0.3, 0.4) is 0 Å². The van der Waals surface area contributed by atoms with E-state index >= 15 is 0 Å². The standard InChI is InChI=1S/C27H33F3N4O3/c1-32-12-10-20(11-13-32)33-14-16-34(17-15-33)24(35)18-31-23-5-3-4-22(25(23)27(28,29)30)26(36)19-6-8-21(37-2)9-7-19/h3-9,20,31H,10-18H2,1-2H3. The first kappa shape index (κ1) is 26.9. The zero-order valence-electron chi connectivity index (χ0n) is 21.2. The SMILES string of the molecule is COc1ccc(C(=O)c2cccc(NCC(=O)N3CCN(C4CCN(C)CC4)CC3)c2C(F)(F)F)cc1. The number of amides is 1. The highest BCUT2D eigenvalue weighted by Crippen LogP contribution is 2.38. The average Bonchev–Trinajstić information content (AvgIpc) is 2.91. The van der Waals surface area contributed by atoms with Gasteiger partial charge in [0.1, 0.15) is 5.75 Å². The lowest BCUT2D eigenvalue weighted by atomic mass is 9.96. The molecule has 4 rings (SSSR count). The van der Waals surface area contributed by atoms with Gasteiger partial charge in [0, 0.05) is 49.0 Å². The molecule has 0 aromatic heterocycles. The van der Waals surface area contributed by atoms with Gasteiger partial charge in [-0.1, -0.05) is 12.1 Å². The molecule has 0 radical (unpaired) electrons. The van der Waals surface area contributed by atoms with Gasteiger partial charge in [-0.05, 0) is 63.3 Å². The maximum absolute atomic E-state index is 14.1. The highest BCUT2D eigenvalue weighted by molar-refractivity contribution is 6.10. The van der Waals surface area contributed by atoms with E-state index in [1.807, 2.05) is 0 Å². The highest BCUT2D eigenvalue weighted by Gasteiger charge is 2.38. The number of anilines is 1. The summed E-state index contributed by atoms with van der Waals surface area (Å²) >= 11 is 0. The van der Waals surface area contributed by atoms with Crippen LogP contribution in [-0.4, -0.2) is 92.4 Å². The van der Waals surface area contributed by atoms with E-state index in [4.69, 9.17) is 4.74 Å². The zero-order chi connectivity index (χ0) is 26.6. The lowest BCUT2D eigenvalue weighted by Crippen LogP contribution is -2.54. The molecule has 2 aromatic carbocycles. The van der Waals surface area contributed by atoms with Crippen LogP contribution < -0.4 is 10.1 Å². The molecular formula is C27H33F3N4O3. The summed E-state index contributed by atoms with van der Waals surface area (Å²) in [4.78, 5) is 32.2. The molecule has 1 N–H and O–H groups in total. The van der Waals surface area contributed by atoms with Crippen LogP contribution in [0.25, 0.3) is 0 Å². The van der Waals surface area contributed by atoms with Crippen molar-refractivity contribution in [3.05, 3.63) is 59.2 Å². The molecule has 2 saturated heterocycles. The smallest absolute Gasteiger partial charge is 0.419 e. The zero-order valence-corrected chi connectivity index (χ0v) is 21.2. The molecule has 2 aliphatic rings. The van der Waals surface area contributed by atoms with Crippen molar-refractivity contribution in [3.63, 3.8) is 0 Å². The fourth-order valence-corrected chi connectivity index (χ4v) is 5.07. The Morgan fingerprint density at radius 3 is 2.22 bits per heavy atom. The summed E-state index contributed by atoms with van der Waals surface area (Å²) in [5.41, 5.74) is -1.72. The van der Waals surface area contributed by atoms with Crippen molar-refractivity contribution in [1.82, 2.24) is 14.7 Å². The van der Waals surface area contributed by atoms with Crippen LogP contribution in [0.1, 0.15) is 34.3 Å². The molecule has 0 bridgehead atoms. The van der Waals surface area contributed by atoms with Gasteiger partial charge in [0.15, 0.2) is 5.78 Å². The Kier molecular flexibility index (Phi) is 8.39. The van der Waals surface area contributed by atoms with Gasteiger partial charge in [-0.2, -0.15) is 13.2 Å². The maximum Gasteiger partial charge on any atom is 0.419 e. The van der Waals surface area contributed by atoms with Gasteiger partial charge in [0.25, 0.3) is 0 Å². The van der Waals surface area contributed by atoms with Crippen molar-refractivity contribution in [1.29, 1.82) is 0 Å². The fraction of sp³-hybridized carbons (Fsp3) is 0.481. The van der Waals surface area contributed by atoms with Gasteiger partial charge >= 0.3 is 6.18 Å². The number of piperazine rings is 1. The number of benzene rings is 2. The summed E-state index contributed by atoms with van der Waals surface area (Å²) in [6.07, 6.45) is -2.57. The molecule has 0 saturated carbocycles. The third-order valence-corrected chi connectivity index (χ3v) is 7.25. The number of piperidine rings is 1. The Balaban J connectivity index is 1.41. The number of ether oxygens (including phenoxy) is 1. The molecule has 0 spiro atoms. The van der Waals surface area contributed by atoms with Crippen LogP contribution in [-0.2, 0) is 11.0 Å². The second-order valence-corrected chi connectivity index (χ2v) is 9.59. The van der Waals surface area contributed by atoms with Crippen LogP contribution in [0.5, 0.6) is 5.75 Å². The van der Waals surface area contributed by atoms with E-state index in [1.165, 1.54) is 43.5 Å². The van der Waals surface area contributed by atoms with Gasteiger partial charge in [-0.3, -0.25) is 14.5 Å². The Bertz CT molecular complexity index is 1090. The van der Waals surface area contributed by atoms with Crippen molar-refractivity contribution >= 4 is 17.4 Å². The number of hydrogen-bond donors (Lipinski definition) is 1. The molecule has 37 heavy (non-hydrogen) atoms. The monoisotopic (exact) mass is 518 g/mol. The molecule has 2 aromatic rings. The largest absolute Gasteiger partial charge is 0.497 e. The number of likely N-dealkylation sites (tertiary alicyclic amines) is 1. The molecule has 2 heterocycles. The second-order valence-electron chi connectivity index (χ2n) is 9.59. The number of carbonyl (C=O) groups excluding carboxylic acids is 2. The van der Waals surface area contributed by atoms with Crippen molar-refractivity contribution in [3.8, 4) is 5.75 Å². The number of methoxy groups -OCH3 is 1. The average molecular weight is 519 g/mol. The van der Waals surface area contributed by atoms with Crippen molar-refractivity contribution in [2.45, 2.75) is 25.1 Å². The Hall–Kier alpha value is -3.11. The highest BCUT2D eigenvalue weighted by atomic mass is 19.4. The van der Waals surface area contributed by atoms with Crippen LogP contribution in [0, 0.1) is 0 Å². The number of nitrogens with zero attached hydrogens (tertiary/aromatic N) is 3.